The number of alkyl halides is 3. The molecule has 0 amide bonds. The molecule has 0 aliphatic carbocycles. The summed E-state index contributed by atoms with van der Waals surface area (Å²) in [6.45, 7) is 5.51. The van der Waals surface area contributed by atoms with E-state index in [0.717, 1.165) is 44.2 Å². The van der Waals surface area contributed by atoms with Gasteiger partial charge in [-0.25, -0.2) is 9.97 Å². The molecule has 1 aromatic heterocycles. The standard InChI is InChI=1S/C17H26F3N5/c1-2-23(12-17(18,19)20)10-14-5-8-25(11-14)16-9-15(21-13-22-16)24-6-3-4-7-24/h9,13-14H,2-8,10-12H2,1H3/t14-/m1/s1. The van der Waals surface area contributed by atoms with E-state index in [1.165, 1.54) is 17.7 Å². The van der Waals surface area contributed by atoms with Crippen molar-refractivity contribution in [3.05, 3.63) is 12.4 Å². The molecule has 0 aromatic carbocycles. The topological polar surface area (TPSA) is 35.5 Å². The van der Waals surface area contributed by atoms with Gasteiger partial charge >= 0.3 is 6.18 Å². The van der Waals surface area contributed by atoms with E-state index in [-0.39, 0.29) is 5.92 Å². The van der Waals surface area contributed by atoms with Gasteiger partial charge in [-0.3, -0.25) is 4.90 Å². The quantitative estimate of drug-likeness (QED) is 0.782. The van der Waals surface area contributed by atoms with Gasteiger partial charge in [-0.15, -0.1) is 0 Å². The van der Waals surface area contributed by atoms with Crippen LogP contribution in [0, 0.1) is 5.92 Å². The first kappa shape index (κ1) is 18.2. The minimum atomic E-state index is -4.13. The molecule has 0 saturated carbocycles. The fourth-order valence-corrected chi connectivity index (χ4v) is 3.74. The Kier molecular flexibility index (Phi) is 5.66. The first-order chi connectivity index (χ1) is 11.9. The van der Waals surface area contributed by atoms with Crippen molar-refractivity contribution in [3.63, 3.8) is 0 Å². The fourth-order valence-electron chi connectivity index (χ4n) is 3.74. The molecule has 0 N–H and O–H groups in total. The number of nitrogens with zero attached hydrogens (tertiary/aromatic N) is 5. The van der Waals surface area contributed by atoms with Gasteiger partial charge in [-0.1, -0.05) is 6.92 Å². The Bertz CT molecular complexity index is 559. The number of rotatable bonds is 6. The highest BCUT2D eigenvalue weighted by Crippen LogP contribution is 2.27. The first-order valence-corrected chi connectivity index (χ1v) is 9.05. The van der Waals surface area contributed by atoms with Crippen molar-refractivity contribution in [3.8, 4) is 0 Å². The highest BCUT2D eigenvalue weighted by molar-refractivity contribution is 5.51. The zero-order chi connectivity index (χ0) is 17.9. The number of aromatic nitrogens is 2. The minimum Gasteiger partial charge on any atom is -0.356 e. The zero-order valence-corrected chi connectivity index (χ0v) is 14.7. The summed E-state index contributed by atoms with van der Waals surface area (Å²) in [6.07, 6.45) is 0.746. The van der Waals surface area contributed by atoms with Crippen LogP contribution in [0.4, 0.5) is 24.8 Å². The molecule has 2 aliphatic rings. The molecule has 0 radical (unpaired) electrons. The summed E-state index contributed by atoms with van der Waals surface area (Å²) in [5.41, 5.74) is 0. The lowest BCUT2D eigenvalue weighted by atomic mass is 10.1. The SMILES string of the molecule is CCN(C[C@H]1CCN(c2cc(N3CCCC3)ncn2)C1)CC(F)(F)F. The van der Waals surface area contributed by atoms with Gasteiger partial charge < -0.3 is 9.80 Å². The number of hydrogen-bond donors (Lipinski definition) is 0. The van der Waals surface area contributed by atoms with Crippen molar-refractivity contribution in [1.82, 2.24) is 14.9 Å². The van der Waals surface area contributed by atoms with Crippen LogP contribution in [0.3, 0.4) is 0 Å². The van der Waals surface area contributed by atoms with Crippen LogP contribution in [-0.4, -0.2) is 66.9 Å². The van der Waals surface area contributed by atoms with E-state index >= 15 is 0 Å². The van der Waals surface area contributed by atoms with Crippen molar-refractivity contribution in [2.24, 2.45) is 5.92 Å². The molecule has 0 unspecified atom stereocenters. The third-order valence-electron chi connectivity index (χ3n) is 5.04. The minimum absolute atomic E-state index is 0.243. The number of hydrogen-bond acceptors (Lipinski definition) is 5. The average Bonchev–Trinajstić information content (AvgIpc) is 3.25. The van der Waals surface area contributed by atoms with Gasteiger partial charge in [0.2, 0.25) is 0 Å². The molecule has 25 heavy (non-hydrogen) atoms. The second kappa shape index (κ2) is 7.76. The fraction of sp³-hybridized carbons (Fsp3) is 0.765. The molecule has 3 heterocycles. The molecule has 0 spiro atoms. The molecule has 5 nitrogen and oxygen atoms in total. The molecule has 1 atom stereocenters. The van der Waals surface area contributed by atoms with Gasteiger partial charge in [0.05, 0.1) is 6.54 Å². The van der Waals surface area contributed by atoms with E-state index in [1.807, 2.05) is 6.07 Å². The van der Waals surface area contributed by atoms with Gasteiger partial charge in [0, 0.05) is 38.8 Å². The summed E-state index contributed by atoms with van der Waals surface area (Å²) in [4.78, 5) is 14.7. The Morgan fingerprint density at radius 1 is 1.12 bits per heavy atom. The van der Waals surface area contributed by atoms with E-state index in [2.05, 4.69) is 19.8 Å². The Morgan fingerprint density at radius 3 is 2.44 bits per heavy atom. The summed E-state index contributed by atoms with van der Waals surface area (Å²) in [5, 5.41) is 0. The van der Waals surface area contributed by atoms with Crippen LogP contribution in [0.1, 0.15) is 26.2 Å². The van der Waals surface area contributed by atoms with E-state index < -0.39 is 12.7 Å². The predicted molar refractivity (Wildman–Crippen MR) is 92.0 cm³/mol. The van der Waals surface area contributed by atoms with Crippen LogP contribution in [0.5, 0.6) is 0 Å². The van der Waals surface area contributed by atoms with Gasteiger partial charge in [0.15, 0.2) is 0 Å². The highest BCUT2D eigenvalue weighted by atomic mass is 19.4. The maximum absolute atomic E-state index is 12.6. The largest absolute Gasteiger partial charge is 0.401 e. The first-order valence-electron chi connectivity index (χ1n) is 9.05. The van der Waals surface area contributed by atoms with Gasteiger partial charge in [0.25, 0.3) is 0 Å². The Balaban J connectivity index is 1.58. The molecule has 8 heteroatoms. The Morgan fingerprint density at radius 2 is 1.80 bits per heavy atom. The monoisotopic (exact) mass is 357 g/mol. The van der Waals surface area contributed by atoms with Crippen LogP contribution in [-0.2, 0) is 0 Å². The maximum Gasteiger partial charge on any atom is 0.401 e. The average molecular weight is 357 g/mol. The molecule has 2 saturated heterocycles. The molecule has 3 rings (SSSR count). The van der Waals surface area contributed by atoms with Crippen LogP contribution in [0.2, 0.25) is 0 Å². The van der Waals surface area contributed by atoms with Crippen molar-refractivity contribution in [1.29, 1.82) is 0 Å². The lowest BCUT2D eigenvalue weighted by molar-refractivity contribution is -0.146. The third kappa shape index (κ3) is 4.96. The Hall–Kier alpha value is -1.57. The second-order valence-electron chi connectivity index (χ2n) is 6.97. The lowest BCUT2D eigenvalue weighted by Crippen LogP contribution is -2.38. The predicted octanol–water partition coefficient (Wildman–Crippen LogP) is 2.79. The summed E-state index contributed by atoms with van der Waals surface area (Å²) >= 11 is 0. The van der Waals surface area contributed by atoms with Crippen LogP contribution < -0.4 is 9.80 Å². The normalized spacial score (nSPS) is 21.6. The van der Waals surface area contributed by atoms with Crippen LogP contribution in [0.25, 0.3) is 0 Å². The zero-order valence-electron chi connectivity index (χ0n) is 14.7. The molecular weight excluding hydrogens is 331 g/mol. The molecule has 1 aromatic rings. The van der Waals surface area contributed by atoms with Crippen molar-refractivity contribution < 1.29 is 13.2 Å². The third-order valence-corrected chi connectivity index (χ3v) is 5.04. The summed E-state index contributed by atoms with van der Waals surface area (Å²) < 4.78 is 37.9. The highest BCUT2D eigenvalue weighted by Gasteiger charge is 2.32. The smallest absolute Gasteiger partial charge is 0.356 e. The van der Waals surface area contributed by atoms with Crippen LogP contribution >= 0.6 is 0 Å². The van der Waals surface area contributed by atoms with Crippen molar-refractivity contribution in [2.75, 3.05) is 55.6 Å². The molecule has 2 aliphatic heterocycles. The van der Waals surface area contributed by atoms with Crippen molar-refractivity contribution in [2.45, 2.75) is 32.4 Å². The molecule has 0 bridgehead atoms. The number of anilines is 2. The lowest BCUT2D eigenvalue weighted by Gasteiger charge is -2.25. The number of halogens is 3. The van der Waals surface area contributed by atoms with E-state index in [1.54, 1.807) is 13.3 Å². The molecular formula is C17H26F3N5. The maximum atomic E-state index is 12.6. The molecule has 140 valence electrons. The second-order valence-corrected chi connectivity index (χ2v) is 6.97. The van der Waals surface area contributed by atoms with E-state index in [9.17, 15) is 13.2 Å². The van der Waals surface area contributed by atoms with Crippen LogP contribution in [0.15, 0.2) is 12.4 Å². The summed E-state index contributed by atoms with van der Waals surface area (Å²) in [7, 11) is 0. The Labute approximate surface area is 146 Å². The van der Waals surface area contributed by atoms with E-state index in [4.69, 9.17) is 0 Å². The van der Waals surface area contributed by atoms with Gasteiger partial charge in [0.1, 0.15) is 18.0 Å². The van der Waals surface area contributed by atoms with Gasteiger partial charge in [-0.2, -0.15) is 13.2 Å². The summed E-state index contributed by atoms with van der Waals surface area (Å²) in [5.74, 6) is 2.09. The van der Waals surface area contributed by atoms with E-state index in [0.29, 0.717) is 13.1 Å². The summed E-state index contributed by atoms with van der Waals surface area (Å²) in [6, 6.07) is 2.01. The van der Waals surface area contributed by atoms with Crippen molar-refractivity contribution >= 4 is 11.6 Å². The van der Waals surface area contributed by atoms with Gasteiger partial charge in [-0.05, 0) is 31.7 Å². The molecule has 2 fully saturated rings.